The van der Waals surface area contributed by atoms with Gasteiger partial charge >= 0.3 is 0 Å². The molecule has 0 heterocycles. The zero-order valence-corrected chi connectivity index (χ0v) is 11.8. The molecule has 2 N–H and O–H groups in total. The van der Waals surface area contributed by atoms with E-state index in [1.807, 2.05) is 6.92 Å². The van der Waals surface area contributed by atoms with Crippen LogP contribution in [0.5, 0.6) is 23.0 Å². The number of hydrogen-bond donors (Lipinski definition) is 2. The van der Waals surface area contributed by atoms with Crippen molar-refractivity contribution in [2.45, 2.75) is 12.8 Å². The van der Waals surface area contributed by atoms with Crippen LogP contribution in [0, 0.1) is 0 Å². The lowest BCUT2D eigenvalue weighted by molar-refractivity contribution is 0.404. The van der Waals surface area contributed by atoms with Crippen LogP contribution in [0.3, 0.4) is 0 Å². The summed E-state index contributed by atoms with van der Waals surface area (Å²) < 4.78 is 10.1. The minimum atomic E-state index is -0.146. The maximum absolute atomic E-state index is 10.1. The number of phenols is 2. The van der Waals surface area contributed by atoms with Crippen molar-refractivity contribution in [1.82, 2.24) is 0 Å². The van der Waals surface area contributed by atoms with Crippen LogP contribution in [0.4, 0.5) is 0 Å². The van der Waals surface area contributed by atoms with Gasteiger partial charge < -0.3 is 19.7 Å². The molecule has 0 aliphatic heterocycles. The van der Waals surface area contributed by atoms with Crippen LogP contribution < -0.4 is 9.47 Å². The molecule has 0 saturated carbocycles. The van der Waals surface area contributed by atoms with Gasteiger partial charge in [-0.1, -0.05) is 19.1 Å². The summed E-state index contributed by atoms with van der Waals surface area (Å²) >= 11 is 0. The zero-order chi connectivity index (χ0) is 14.7. The van der Waals surface area contributed by atoms with Crippen molar-refractivity contribution >= 4 is 0 Å². The fourth-order valence-corrected chi connectivity index (χ4v) is 2.20. The summed E-state index contributed by atoms with van der Waals surface area (Å²) in [6.45, 7) is 1.92. The molecule has 0 unspecified atom stereocenters. The number of phenolic OH excluding ortho intramolecular Hbond substituents is 2. The Morgan fingerprint density at radius 2 is 1.20 bits per heavy atom. The predicted octanol–water partition coefficient (Wildman–Crippen LogP) is 3.27. The molecule has 0 atom stereocenters. The van der Waals surface area contributed by atoms with Crippen molar-refractivity contribution in [2.24, 2.45) is 0 Å². The van der Waals surface area contributed by atoms with Crippen LogP contribution >= 0.6 is 0 Å². The first kappa shape index (κ1) is 14.1. The Hall–Kier alpha value is -2.36. The average molecular weight is 274 g/mol. The standard InChI is InChI=1S/C16H18O4/c1-10(13-6-4-11(19-2)8-15(13)17)14-7-5-12(20-3)9-16(14)18/h4-10,17-18H,1-3H3. The third-order valence-electron chi connectivity index (χ3n) is 3.41. The maximum atomic E-state index is 10.1. The molecule has 0 spiro atoms. The van der Waals surface area contributed by atoms with Crippen molar-refractivity contribution in [3.05, 3.63) is 47.5 Å². The van der Waals surface area contributed by atoms with Gasteiger partial charge in [0, 0.05) is 29.2 Å². The molecule has 0 saturated heterocycles. The third-order valence-corrected chi connectivity index (χ3v) is 3.41. The van der Waals surface area contributed by atoms with E-state index in [0.717, 1.165) is 11.1 Å². The highest BCUT2D eigenvalue weighted by Gasteiger charge is 2.17. The number of hydrogen-bond acceptors (Lipinski definition) is 4. The summed E-state index contributed by atoms with van der Waals surface area (Å²) in [6.07, 6.45) is 0. The number of aromatic hydroxyl groups is 2. The molecule has 0 fully saturated rings. The summed E-state index contributed by atoms with van der Waals surface area (Å²) in [5, 5.41) is 20.1. The minimum absolute atomic E-state index is 0.145. The van der Waals surface area contributed by atoms with Crippen LogP contribution in [0.2, 0.25) is 0 Å². The Morgan fingerprint density at radius 1 is 0.800 bits per heavy atom. The van der Waals surface area contributed by atoms with Crippen LogP contribution in [-0.2, 0) is 0 Å². The fraction of sp³-hybridized carbons (Fsp3) is 0.250. The van der Waals surface area contributed by atoms with Gasteiger partial charge in [0.25, 0.3) is 0 Å². The Balaban J connectivity index is 2.38. The predicted molar refractivity (Wildman–Crippen MR) is 76.8 cm³/mol. The van der Waals surface area contributed by atoms with Crippen LogP contribution in [-0.4, -0.2) is 24.4 Å². The topological polar surface area (TPSA) is 58.9 Å². The van der Waals surface area contributed by atoms with Crippen molar-refractivity contribution in [3.63, 3.8) is 0 Å². The molecule has 2 aromatic rings. The summed E-state index contributed by atoms with van der Waals surface area (Å²) in [7, 11) is 3.10. The van der Waals surface area contributed by atoms with Crippen LogP contribution in [0.25, 0.3) is 0 Å². The first-order chi connectivity index (χ1) is 9.56. The molecule has 0 radical (unpaired) electrons. The van der Waals surface area contributed by atoms with E-state index >= 15 is 0 Å². The molecule has 4 heteroatoms. The molecule has 0 bridgehead atoms. The molecule has 0 aromatic heterocycles. The molecule has 0 aliphatic rings. The molecular weight excluding hydrogens is 256 g/mol. The highest BCUT2D eigenvalue weighted by atomic mass is 16.5. The minimum Gasteiger partial charge on any atom is -0.508 e. The quantitative estimate of drug-likeness (QED) is 0.898. The van der Waals surface area contributed by atoms with E-state index in [0.29, 0.717) is 11.5 Å². The molecular formula is C16H18O4. The molecule has 2 aromatic carbocycles. The number of ether oxygens (including phenoxy) is 2. The van der Waals surface area contributed by atoms with Crippen molar-refractivity contribution in [1.29, 1.82) is 0 Å². The zero-order valence-electron chi connectivity index (χ0n) is 11.8. The lowest BCUT2D eigenvalue weighted by Gasteiger charge is -2.16. The van der Waals surface area contributed by atoms with Gasteiger partial charge in [0.1, 0.15) is 23.0 Å². The van der Waals surface area contributed by atoms with Crippen molar-refractivity contribution < 1.29 is 19.7 Å². The molecule has 4 nitrogen and oxygen atoms in total. The van der Waals surface area contributed by atoms with Gasteiger partial charge in [-0.3, -0.25) is 0 Å². The average Bonchev–Trinajstić information content (AvgIpc) is 2.46. The summed E-state index contributed by atoms with van der Waals surface area (Å²) in [5.41, 5.74) is 1.46. The number of benzene rings is 2. The summed E-state index contributed by atoms with van der Waals surface area (Å²) in [6, 6.07) is 10.3. The van der Waals surface area contributed by atoms with Gasteiger partial charge in [-0.25, -0.2) is 0 Å². The van der Waals surface area contributed by atoms with Gasteiger partial charge in [0.05, 0.1) is 14.2 Å². The molecule has 106 valence electrons. The molecule has 0 aliphatic carbocycles. The Bertz CT molecular complexity index is 554. The van der Waals surface area contributed by atoms with E-state index in [4.69, 9.17) is 9.47 Å². The lowest BCUT2D eigenvalue weighted by atomic mass is 9.91. The Kier molecular flexibility index (Phi) is 4.03. The molecule has 0 amide bonds. The monoisotopic (exact) mass is 274 g/mol. The highest BCUT2D eigenvalue weighted by Crippen LogP contribution is 2.38. The smallest absolute Gasteiger partial charge is 0.123 e. The van der Waals surface area contributed by atoms with Gasteiger partial charge in [-0.15, -0.1) is 0 Å². The molecule has 20 heavy (non-hydrogen) atoms. The Labute approximate surface area is 118 Å². The first-order valence-corrected chi connectivity index (χ1v) is 6.30. The SMILES string of the molecule is COc1ccc(C(C)c2ccc(OC)cc2O)c(O)c1. The van der Waals surface area contributed by atoms with Gasteiger partial charge in [-0.05, 0) is 12.1 Å². The highest BCUT2D eigenvalue weighted by molar-refractivity contribution is 5.50. The number of methoxy groups -OCH3 is 2. The largest absolute Gasteiger partial charge is 0.508 e. The maximum Gasteiger partial charge on any atom is 0.123 e. The summed E-state index contributed by atoms with van der Waals surface area (Å²) in [5.74, 6) is 1.33. The van der Waals surface area contributed by atoms with Crippen LogP contribution in [0.1, 0.15) is 24.0 Å². The third kappa shape index (κ3) is 2.64. The van der Waals surface area contributed by atoms with E-state index in [2.05, 4.69) is 0 Å². The second-order valence-electron chi connectivity index (χ2n) is 4.57. The van der Waals surface area contributed by atoms with Crippen molar-refractivity contribution in [2.75, 3.05) is 14.2 Å². The van der Waals surface area contributed by atoms with Crippen molar-refractivity contribution in [3.8, 4) is 23.0 Å². The second-order valence-corrected chi connectivity index (χ2v) is 4.57. The summed E-state index contributed by atoms with van der Waals surface area (Å²) in [4.78, 5) is 0. The second kappa shape index (κ2) is 5.74. The van der Waals surface area contributed by atoms with Gasteiger partial charge in [-0.2, -0.15) is 0 Å². The van der Waals surface area contributed by atoms with Gasteiger partial charge in [0.15, 0.2) is 0 Å². The van der Waals surface area contributed by atoms with E-state index < -0.39 is 0 Å². The lowest BCUT2D eigenvalue weighted by Crippen LogP contribution is -1.98. The van der Waals surface area contributed by atoms with E-state index in [1.54, 1.807) is 50.6 Å². The Morgan fingerprint density at radius 3 is 1.50 bits per heavy atom. The normalized spacial score (nSPS) is 10.6. The van der Waals surface area contributed by atoms with E-state index in [1.165, 1.54) is 0 Å². The molecule has 2 rings (SSSR count). The van der Waals surface area contributed by atoms with E-state index in [9.17, 15) is 10.2 Å². The first-order valence-electron chi connectivity index (χ1n) is 6.30. The van der Waals surface area contributed by atoms with E-state index in [-0.39, 0.29) is 17.4 Å². The fourth-order valence-electron chi connectivity index (χ4n) is 2.20. The van der Waals surface area contributed by atoms with Gasteiger partial charge in [0.2, 0.25) is 0 Å². The number of rotatable bonds is 4. The van der Waals surface area contributed by atoms with Crippen LogP contribution in [0.15, 0.2) is 36.4 Å².